The molecule has 1 saturated heterocycles. The molecule has 3 rings (SSSR count). The third-order valence-corrected chi connectivity index (χ3v) is 4.04. The maximum Gasteiger partial charge on any atom is 0.226 e. The second-order valence-corrected chi connectivity index (χ2v) is 5.84. The minimum atomic E-state index is -0.855. The number of rotatable bonds is 5. The van der Waals surface area contributed by atoms with E-state index in [0.29, 0.717) is 18.8 Å². The molecule has 0 saturated carbocycles. The van der Waals surface area contributed by atoms with Crippen molar-refractivity contribution in [3.8, 4) is 0 Å². The van der Waals surface area contributed by atoms with Crippen LogP contribution < -0.4 is 5.32 Å². The van der Waals surface area contributed by atoms with Crippen molar-refractivity contribution in [2.24, 2.45) is 13.0 Å². The van der Waals surface area contributed by atoms with E-state index in [0.717, 1.165) is 11.3 Å². The van der Waals surface area contributed by atoms with E-state index in [9.17, 15) is 9.90 Å². The van der Waals surface area contributed by atoms with Crippen LogP contribution in [0.25, 0.3) is 0 Å². The van der Waals surface area contributed by atoms with Crippen LogP contribution in [0.4, 0.5) is 0 Å². The fourth-order valence-corrected chi connectivity index (χ4v) is 2.84. The highest BCUT2D eigenvalue weighted by Crippen LogP contribution is 2.34. The number of carbonyl (C=O) groups is 1. The number of furan rings is 1. The highest BCUT2D eigenvalue weighted by atomic mass is 16.5. The quantitative estimate of drug-likeness (QED) is 0.866. The number of aliphatic hydroxyl groups is 1. The van der Waals surface area contributed by atoms with Crippen LogP contribution in [0.2, 0.25) is 0 Å². The Balaban J connectivity index is 1.59. The van der Waals surface area contributed by atoms with E-state index >= 15 is 0 Å². The van der Waals surface area contributed by atoms with Crippen LogP contribution >= 0.6 is 0 Å². The SMILES string of the molecule is Cc1ccc([C@H](O)CNC(=O)[C@H]2CCO[C@@H]2c2cnn(C)c2)o1. The Labute approximate surface area is 134 Å². The summed E-state index contributed by atoms with van der Waals surface area (Å²) in [5.74, 6) is 0.781. The van der Waals surface area contributed by atoms with Crippen LogP contribution in [-0.2, 0) is 16.6 Å². The predicted octanol–water partition coefficient (Wildman–Crippen LogP) is 1.25. The molecule has 0 spiro atoms. The lowest BCUT2D eigenvalue weighted by Gasteiger charge is -2.18. The average molecular weight is 319 g/mol. The van der Waals surface area contributed by atoms with Crippen LogP contribution in [0.15, 0.2) is 28.9 Å². The second kappa shape index (κ2) is 6.55. The predicted molar refractivity (Wildman–Crippen MR) is 81.4 cm³/mol. The molecular weight excluding hydrogens is 298 g/mol. The van der Waals surface area contributed by atoms with Crippen LogP contribution in [0.3, 0.4) is 0 Å². The minimum Gasteiger partial charge on any atom is -0.464 e. The number of amides is 1. The first-order chi connectivity index (χ1) is 11.0. The standard InChI is InChI=1S/C16H21N3O4/c1-10-3-4-14(23-10)13(20)8-17-16(21)12-5-6-22-15(12)11-7-18-19(2)9-11/h3-4,7,9,12-13,15,20H,5-6,8H2,1-2H3,(H,17,21)/t12-,13+,15+/m0/s1. The van der Waals surface area contributed by atoms with Gasteiger partial charge in [0, 0.05) is 25.4 Å². The molecule has 0 radical (unpaired) electrons. The van der Waals surface area contributed by atoms with Gasteiger partial charge in [-0.2, -0.15) is 5.10 Å². The van der Waals surface area contributed by atoms with Gasteiger partial charge < -0.3 is 19.6 Å². The van der Waals surface area contributed by atoms with Crippen molar-refractivity contribution in [2.75, 3.05) is 13.2 Å². The van der Waals surface area contributed by atoms with Gasteiger partial charge in [-0.05, 0) is 25.5 Å². The lowest BCUT2D eigenvalue weighted by molar-refractivity contribution is -0.127. The molecule has 2 N–H and O–H groups in total. The molecule has 1 aliphatic heterocycles. The van der Waals surface area contributed by atoms with Gasteiger partial charge >= 0.3 is 0 Å². The lowest BCUT2D eigenvalue weighted by atomic mass is 9.96. The fraction of sp³-hybridized carbons (Fsp3) is 0.500. The first-order valence-electron chi connectivity index (χ1n) is 7.67. The summed E-state index contributed by atoms with van der Waals surface area (Å²) in [7, 11) is 1.83. The largest absolute Gasteiger partial charge is 0.464 e. The Morgan fingerprint density at radius 3 is 3.04 bits per heavy atom. The van der Waals surface area contributed by atoms with Gasteiger partial charge in [0.2, 0.25) is 5.91 Å². The number of aliphatic hydroxyl groups excluding tert-OH is 1. The van der Waals surface area contributed by atoms with Gasteiger partial charge in [0.25, 0.3) is 0 Å². The summed E-state index contributed by atoms with van der Waals surface area (Å²) < 4.78 is 12.7. The van der Waals surface area contributed by atoms with Crippen molar-refractivity contribution in [3.63, 3.8) is 0 Å². The number of nitrogens with one attached hydrogen (secondary N) is 1. The van der Waals surface area contributed by atoms with E-state index in [4.69, 9.17) is 9.15 Å². The summed E-state index contributed by atoms with van der Waals surface area (Å²) in [6, 6.07) is 3.49. The summed E-state index contributed by atoms with van der Waals surface area (Å²) in [5, 5.41) is 17.0. The maximum absolute atomic E-state index is 12.4. The molecule has 0 bridgehead atoms. The van der Waals surface area contributed by atoms with E-state index in [1.54, 1.807) is 23.0 Å². The van der Waals surface area contributed by atoms with Gasteiger partial charge in [-0.15, -0.1) is 0 Å². The molecule has 23 heavy (non-hydrogen) atoms. The molecule has 2 aromatic rings. The molecule has 7 heteroatoms. The molecule has 3 atom stereocenters. The fourth-order valence-electron chi connectivity index (χ4n) is 2.84. The van der Waals surface area contributed by atoms with Crippen LogP contribution in [0.1, 0.15) is 35.7 Å². The summed E-state index contributed by atoms with van der Waals surface area (Å²) in [5.41, 5.74) is 0.896. The number of nitrogens with zero attached hydrogens (tertiary/aromatic N) is 2. The zero-order valence-electron chi connectivity index (χ0n) is 13.2. The molecule has 1 fully saturated rings. The Hall–Kier alpha value is -2.12. The first-order valence-corrected chi connectivity index (χ1v) is 7.67. The van der Waals surface area contributed by atoms with Gasteiger partial charge in [-0.3, -0.25) is 9.48 Å². The molecule has 3 heterocycles. The average Bonchev–Trinajstić information content (AvgIpc) is 3.24. The monoisotopic (exact) mass is 319 g/mol. The van der Waals surface area contributed by atoms with Crippen molar-refractivity contribution in [1.82, 2.24) is 15.1 Å². The first kappa shape index (κ1) is 15.8. The normalized spacial score (nSPS) is 22.2. The topological polar surface area (TPSA) is 89.5 Å². The van der Waals surface area contributed by atoms with E-state index < -0.39 is 6.10 Å². The van der Waals surface area contributed by atoms with Gasteiger partial charge in [-0.1, -0.05) is 0 Å². The Morgan fingerprint density at radius 1 is 1.57 bits per heavy atom. The molecule has 1 aliphatic rings. The zero-order valence-corrected chi connectivity index (χ0v) is 13.2. The number of aryl methyl sites for hydroxylation is 2. The van der Waals surface area contributed by atoms with Crippen molar-refractivity contribution >= 4 is 5.91 Å². The van der Waals surface area contributed by atoms with Crippen LogP contribution in [-0.4, -0.2) is 33.9 Å². The summed E-state index contributed by atoms with van der Waals surface area (Å²) in [4.78, 5) is 12.4. The molecular formula is C16H21N3O4. The van der Waals surface area contributed by atoms with E-state index in [1.165, 1.54) is 0 Å². The number of hydrogen-bond donors (Lipinski definition) is 2. The van der Waals surface area contributed by atoms with Crippen molar-refractivity contribution in [1.29, 1.82) is 0 Å². The summed E-state index contributed by atoms with van der Waals surface area (Å²) >= 11 is 0. The van der Waals surface area contributed by atoms with Crippen LogP contribution in [0.5, 0.6) is 0 Å². The highest BCUT2D eigenvalue weighted by Gasteiger charge is 2.36. The molecule has 0 aromatic carbocycles. The van der Waals surface area contributed by atoms with Gasteiger partial charge in [0.05, 0.1) is 24.8 Å². The number of hydrogen-bond acceptors (Lipinski definition) is 5. The molecule has 2 aromatic heterocycles. The zero-order chi connectivity index (χ0) is 16.4. The molecule has 0 aliphatic carbocycles. The molecule has 124 valence electrons. The smallest absolute Gasteiger partial charge is 0.226 e. The van der Waals surface area contributed by atoms with E-state index in [1.807, 2.05) is 20.2 Å². The highest BCUT2D eigenvalue weighted by molar-refractivity contribution is 5.79. The van der Waals surface area contributed by atoms with Crippen LogP contribution in [0, 0.1) is 12.8 Å². The van der Waals surface area contributed by atoms with E-state index in [2.05, 4.69) is 10.4 Å². The van der Waals surface area contributed by atoms with Gasteiger partial charge in [-0.25, -0.2) is 0 Å². The Kier molecular flexibility index (Phi) is 4.49. The summed E-state index contributed by atoms with van der Waals surface area (Å²) in [6.07, 6.45) is 3.09. The minimum absolute atomic E-state index is 0.113. The third kappa shape index (κ3) is 3.46. The third-order valence-electron chi connectivity index (χ3n) is 4.04. The Morgan fingerprint density at radius 2 is 2.39 bits per heavy atom. The molecule has 1 amide bonds. The van der Waals surface area contributed by atoms with Gasteiger partial charge in [0.1, 0.15) is 17.6 Å². The second-order valence-electron chi connectivity index (χ2n) is 5.84. The number of ether oxygens (including phenoxy) is 1. The number of aromatic nitrogens is 2. The molecule has 7 nitrogen and oxygen atoms in total. The van der Waals surface area contributed by atoms with Crippen molar-refractivity contribution in [3.05, 3.63) is 41.6 Å². The summed E-state index contributed by atoms with van der Waals surface area (Å²) in [6.45, 7) is 2.46. The van der Waals surface area contributed by atoms with Crippen molar-refractivity contribution < 1.29 is 19.1 Å². The number of carbonyl (C=O) groups excluding carboxylic acids is 1. The lowest BCUT2D eigenvalue weighted by Crippen LogP contribution is -2.35. The maximum atomic E-state index is 12.4. The Bertz CT molecular complexity index is 678. The molecule has 0 unspecified atom stereocenters. The van der Waals surface area contributed by atoms with Crippen molar-refractivity contribution in [2.45, 2.75) is 25.6 Å². The van der Waals surface area contributed by atoms with Gasteiger partial charge in [0.15, 0.2) is 0 Å². The van der Waals surface area contributed by atoms with E-state index in [-0.39, 0.29) is 24.5 Å².